The third-order valence-electron chi connectivity index (χ3n) is 2.42. The Morgan fingerprint density at radius 2 is 2.26 bits per heavy atom. The first kappa shape index (κ1) is 17.7. The van der Waals surface area contributed by atoms with E-state index in [1.165, 1.54) is 0 Å². The summed E-state index contributed by atoms with van der Waals surface area (Å²) in [6, 6.07) is 5.17. The molecule has 0 fully saturated rings. The average molecular weight is 376 g/mol. The second-order valence-electron chi connectivity index (χ2n) is 3.88. The summed E-state index contributed by atoms with van der Waals surface area (Å²) < 4.78 is 1.70. The molecule has 0 atom stereocenters. The van der Waals surface area contributed by atoms with E-state index in [0.29, 0.717) is 19.0 Å². The molecule has 0 spiro atoms. The molecule has 1 aromatic heterocycles. The Labute approximate surface area is 130 Å². The maximum absolute atomic E-state index is 11.4. The van der Waals surface area contributed by atoms with Crippen LogP contribution in [0, 0.1) is 0 Å². The van der Waals surface area contributed by atoms with Crippen LogP contribution >= 0.6 is 24.0 Å². The first-order chi connectivity index (χ1) is 8.74. The number of nitrogens with zero attached hydrogens (tertiary/aromatic N) is 2. The molecule has 0 unspecified atom stereocenters. The van der Waals surface area contributed by atoms with Crippen LogP contribution in [0.3, 0.4) is 0 Å². The van der Waals surface area contributed by atoms with Crippen molar-refractivity contribution in [3.63, 3.8) is 0 Å². The van der Waals surface area contributed by atoms with E-state index < -0.39 is 0 Å². The van der Waals surface area contributed by atoms with Crippen molar-refractivity contribution in [3.8, 4) is 0 Å². The highest BCUT2D eigenvalue weighted by Gasteiger charge is 1.94. The lowest BCUT2D eigenvalue weighted by molar-refractivity contribution is 0.598. The van der Waals surface area contributed by atoms with E-state index in [4.69, 9.17) is 5.73 Å². The molecule has 0 aliphatic heterocycles. The molecule has 3 N–H and O–H groups in total. The molecule has 1 aromatic rings. The number of pyridine rings is 1. The number of nitrogens with one attached hydrogen (secondary N) is 1. The Morgan fingerprint density at radius 1 is 1.47 bits per heavy atom. The fourth-order valence-electron chi connectivity index (χ4n) is 1.47. The maximum atomic E-state index is 11.4. The van der Waals surface area contributed by atoms with Crippen LogP contribution in [0.2, 0.25) is 0 Å². The molecule has 0 aromatic carbocycles. The molecule has 0 aliphatic carbocycles. The van der Waals surface area contributed by atoms with Crippen LogP contribution in [0.1, 0.15) is 12.8 Å². The molecule has 0 amide bonds. The minimum atomic E-state index is 0. The molecule has 0 aliphatic rings. The van der Waals surface area contributed by atoms with Gasteiger partial charge in [-0.2, -0.15) is 0 Å². The molecule has 0 bridgehead atoms. The third-order valence-corrected chi connectivity index (χ3v) is 2.42. The first-order valence-electron chi connectivity index (χ1n) is 6.04. The van der Waals surface area contributed by atoms with Gasteiger partial charge in [0, 0.05) is 31.9 Å². The van der Waals surface area contributed by atoms with Gasteiger partial charge in [-0.1, -0.05) is 12.1 Å². The second kappa shape index (κ2) is 10.6. The van der Waals surface area contributed by atoms with E-state index in [1.807, 2.05) is 6.07 Å². The van der Waals surface area contributed by atoms with Gasteiger partial charge >= 0.3 is 0 Å². The van der Waals surface area contributed by atoms with Crippen molar-refractivity contribution in [3.05, 3.63) is 47.4 Å². The van der Waals surface area contributed by atoms with Crippen LogP contribution in [-0.4, -0.2) is 23.6 Å². The highest BCUT2D eigenvalue weighted by atomic mass is 127. The zero-order valence-electron chi connectivity index (χ0n) is 10.9. The summed E-state index contributed by atoms with van der Waals surface area (Å²) in [7, 11) is 0. The Kier molecular flexibility index (Phi) is 9.87. The Bertz CT molecular complexity index is 456. The summed E-state index contributed by atoms with van der Waals surface area (Å²) >= 11 is 0. The quantitative estimate of drug-likeness (QED) is 0.248. The van der Waals surface area contributed by atoms with Gasteiger partial charge in [0.05, 0.1) is 0 Å². The van der Waals surface area contributed by atoms with Gasteiger partial charge in [0.25, 0.3) is 0 Å². The van der Waals surface area contributed by atoms with Crippen molar-refractivity contribution in [2.45, 2.75) is 19.4 Å². The average Bonchev–Trinajstić information content (AvgIpc) is 2.38. The Morgan fingerprint density at radius 3 is 2.95 bits per heavy atom. The van der Waals surface area contributed by atoms with Crippen molar-refractivity contribution < 1.29 is 0 Å². The van der Waals surface area contributed by atoms with Gasteiger partial charge in [-0.25, -0.2) is 0 Å². The standard InChI is InChI=1S/C13H20N4O.HI/c1-2-8-15-13(14)16-9-4-6-11-17-10-5-3-7-12(17)18;/h2-3,5,7,10H,1,4,6,8-9,11H2,(H3,14,15,16);1H. The zero-order chi connectivity index (χ0) is 13.2. The molecule has 0 radical (unpaired) electrons. The van der Waals surface area contributed by atoms with Gasteiger partial charge in [-0.3, -0.25) is 9.79 Å². The van der Waals surface area contributed by atoms with Crippen molar-refractivity contribution in [2.75, 3.05) is 13.1 Å². The van der Waals surface area contributed by atoms with Crippen LogP contribution in [0.5, 0.6) is 0 Å². The van der Waals surface area contributed by atoms with Crippen molar-refractivity contribution in [1.82, 2.24) is 9.88 Å². The predicted molar refractivity (Wildman–Crippen MR) is 90.0 cm³/mol. The van der Waals surface area contributed by atoms with Crippen LogP contribution in [0.25, 0.3) is 0 Å². The molecule has 1 heterocycles. The van der Waals surface area contributed by atoms with Gasteiger partial charge in [-0.15, -0.1) is 30.6 Å². The largest absolute Gasteiger partial charge is 0.370 e. The summed E-state index contributed by atoms with van der Waals surface area (Å²) in [5.74, 6) is 0.437. The van der Waals surface area contributed by atoms with E-state index in [9.17, 15) is 4.79 Å². The number of hydrogen-bond donors (Lipinski definition) is 2. The van der Waals surface area contributed by atoms with Crippen LogP contribution in [0.4, 0.5) is 0 Å². The molecule has 0 saturated carbocycles. The lowest BCUT2D eigenvalue weighted by Crippen LogP contribution is -2.31. The molecular formula is C13H21IN4O. The Hall–Kier alpha value is -1.31. The molecule has 106 valence electrons. The summed E-state index contributed by atoms with van der Waals surface area (Å²) in [6.45, 7) is 5.58. The molecule has 19 heavy (non-hydrogen) atoms. The van der Waals surface area contributed by atoms with E-state index in [1.54, 1.807) is 29.0 Å². The van der Waals surface area contributed by atoms with E-state index in [2.05, 4.69) is 16.9 Å². The lowest BCUT2D eigenvalue weighted by atomic mass is 10.3. The van der Waals surface area contributed by atoms with Crippen molar-refractivity contribution in [1.29, 1.82) is 0 Å². The first-order valence-corrected chi connectivity index (χ1v) is 6.04. The number of halogens is 1. The molecule has 6 heteroatoms. The minimum Gasteiger partial charge on any atom is -0.370 e. The fourth-order valence-corrected chi connectivity index (χ4v) is 1.47. The number of hydrogen-bond acceptors (Lipinski definition) is 2. The highest BCUT2D eigenvalue weighted by molar-refractivity contribution is 14.0. The highest BCUT2D eigenvalue weighted by Crippen LogP contribution is 1.93. The Balaban J connectivity index is 0.00000324. The molecular weight excluding hydrogens is 355 g/mol. The van der Waals surface area contributed by atoms with E-state index >= 15 is 0 Å². The normalized spacial score (nSPS) is 10.6. The van der Waals surface area contributed by atoms with Crippen LogP contribution in [-0.2, 0) is 6.54 Å². The number of guanidine groups is 1. The van der Waals surface area contributed by atoms with Gasteiger partial charge in [0.2, 0.25) is 5.56 Å². The summed E-state index contributed by atoms with van der Waals surface area (Å²) in [5, 5.41) is 2.90. The molecule has 0 saturated heterocycles. The van der Waals surface area contributed by atoms with E-state index in [0.717, 1.165) is 19.4 Å². The predicted octanol–water partition coefficient (Wildman–Crippen LogP) is 1.34. The third kappa shape index (κ3) is 7.66. The van der Waals surface area contributed by atoms with Crippen LogP contribution < -0.4 is 16.6 Å². The van der Waals surface area contributed by atoms with E-state index in [-0.39, 0.29) is 29.5 Å². The van der Waals surface area contributed by atoms with Crippen molar-refractivity contribution in [2.24, 2.45) is 10.7 Å². The van der Waals surface area contributed by atoms with Crippen molar-refractivity contribution >= 4 is 29.9 Å². The lowest BCUT2D eigenvalue weighted by Gasteiger charge is -2.04. The number of aliphatic imine (C=N–C) groups is 1. The van der Waals surface area contributed by atoms with Gasteiger partial charge in [-0.05, 0) is 18.9 Å². The zero-order valence-corrected chi connectivity index (χ0v) is 13.2. The van der Waals surface area contributed by atoms with Gasteiger partial charge in [0.1, 0.15) is 0 Å². The number of nitrogens with two attached hydrogens (primary N) is 1. The molecule has 1 rings (SSSR count). The summed E-state index contributed by atoms with van der Waals surface area (Å²) in [4.78, 5) is 15.6. The number of aromatic nitrogens is 1. The second-order valence-corrected chi connectivity index (χ2v) is 3.88. The SMILES string of the molecule is C=CCNC(N)=NCCCCn1ccccc1=O.I. The van der Waals surface area contributed by atoms with Gasteiger partial charge < -0.3 is 15.6 Å². The number of unbranched alkanes of at least 4 members (excludes halogenated alkanes) is 1. The minimum absolute atomic E-state index is 0. The monoisotopic (exact) mass is 376 g/mol. The smallest absolute Gasteiger partial charge is 0.250 e. The maximum Gasteiger partial charge on any atom is 0.250 e. The van der Waals surface area contributed by atoms with Crippen LogP contribution in [0.15, 0.2) is 46.8 Å². The summed E-state index contributed by atoms with van der Waals surface area (Å²) in [6.07, 6.45) is 5.33. The van der Waals surface area contributed by atoms with Gasteiger partial charge in [0.15, 0.2) is 5.96 Å². The summed E-state index contributed by atoms with van der Waals surface area (Å²) in [5.41, 5.74) is 5.65. The fraction of sp³-hybridized carbons (Fsp3) is 0.385. The topological polar surface area (TPSA) is 72.4 Å². The number of rotatable bonds is 7. The molecule has 5 nitrogen and oxygen atoms in total. The number of aryl methyl sites for hydroxylation is 1.